The zero-order chi connectivity index (χ0) is 11.3. The van der Waals surface area contributed by atoms with Gasteiger partial charge < -0.3 is 0 Å². The summed E-state index contributed by atoms with van der Waals surface area (Å²) in [5, 5.41) is 0. The Bertz CT molecular complexity index is 282. The van der Waals surface area contributed by atoms with Crippen molar-refractivity contribution in [1.29, 1.82) is 0 Å². The van der Waals surface area contributed by atoms with Gasteiger partial charge in [0.15, 0.2) is 0 Å². The summed E-state index contributed by atoms with van der Waals surface area (Å²) in [6.45, 7) is 4.48. The molecule has 3 heteroatoms. The Hall–Kier alpha value is -0.130. The van der Waals surface area contributed by atoms with Crippen LogP contribution in [0.1, 0.15) is 38.3 Å². The van der Waals surface area contributed by atoms with Crippen molar-refractivity contribution in [2.45, 2.75) is 32.7 Å². The molecule has 1 aromatic rings. The molecular formula is C12H19IN2. The summed E-state index contributed by atoms with van der Waals surface area (Å²) in [4.78, 5) is 0. The van der Waals surface area contributed by atoms with Crippen LogP contribution >= 0.6 is 22.6 Å². The van der Waals surface area contributed by atoms with Crippen molar-refractivity contribution in [3.8, 4) is 0 Å². The maximum Gasteiger partial charge on any atom is 0.0460 e. The number of nitrogens with two attached hydrogens (primary N) is 1. The van der Waals surface area contributed by atoms with Gasteiger partial charge in [-0.2, -0.15) is 0 Å². The molecule has 0 heterocycles. The van der Waals surface area contributed by atoms with Gasteiger partial charge in [-0.15, -0.1) is 0 Å². The number of nitrogens with one attached hydrogen (secondary N) is 1. The lowest BCUT2D eigenvalue weighted by Gasteiger charge is -2.17. The summed E-state index contributed by atoms with van der Waals surface area (Å²) in [7, 11) is 0. The third-order valence-corrected chi connectivity index (χ3v) is 3.23. The second kappa shape index (κ2) is 6.45. The minimum absolute atomic E-state index is 0.282. The summed E-state index contributed by atoms with van der Waals surface area (Å²) in [6, 6.07) is 8.81. The van der Waals surface area contributed by atoms with E-state index in [4.69, 9.17) is 5.84 Å². The number of hydrogen-bond donors (Lipinski definition) is 2. The van der Waals surface area contributed by atoms with Crippen molar-refractivity contribution >= 4 is 22.6 Å². The molecule has 0 aliphatic rings. The zero-order valence-corrected chi connectivity index (χ0v) is 11.5. The molecule has 0 radical (unpaired) electrons. The van der Waals surface area contributed by atoms with E-state index in [2.05, 4.69) is 66.1 Å². The highest BCUT2D eigenvalue weighted by Gasteiger charge is 2.09. The Kier molecular flexibility index (Phi) is 5.56. The van der Waals surface area contributed by atoms with Gasteiger partial charge in [0.2, 0.25) is 0 Å². The first kappa shape index (κ1) is 12.9. The fourth-order valence-corrected chi connectivity index (χ4v) is 1.90. The monoisotopic (exact) mass is 318 g/mol. The Morgan fingerprint density at radius 1 is 1.20 bits per heavy atom. The van der Waals surface area contributed by atoms with Crippen molar-refractivity contribution in [2.24, 2.45) is 11.8 Å². The Morgan fingerprint density at radius 3 is 2.27 bits per heavy atom. The molecule has 0 aromatic heterocycles. The molecular weight excluding hydrogens is 299 g/mol. The lowest BCUT2D eigenvalue weighted by Crippen LogP contribution is -2.28. The highest BCUT2D eigenvalue weighted by Crippen LogP contribution is 2.20. The van der Waals surface area contributed by atoms with Gasteiger partial charge in [-0.25, -0.2) is 0 Å². The van der Waals surface area contributed by atoms with Crippen molar-refractivity contribution in [2.75, 3.05) is 0 Å². The Labute approximate surface area is 106 Å². The van der Waals surface area contributed by atoms with Gasteiger partial charge in [-0.3, -0.25) is 11.3 Å². The maximum absolute atomic E-state index is 5.58. The number of hydrogen-bond acceptors (Lipinski definition) is 2. The summed E-state index contributed by atoms with van der Waals surface area (Å²) in [6.07, 6.45) is 2.29. The molecule has 0 bridgehead atoms. The highest BCUT2D eigenvalue weighted by molar-refractivity contribution is 14.1. The molecule has 2 nitrogen and oxygen atoms in total. The maximum atomic E-state index is 5.58. The van der Waals surface area contributed by atoms with E-state index in [0.29, 0.717) is 0 Å². The minimum Gasteiger partial charge on any atom is -0.271 e. The van der Waals surface area contributed by atoms with Gasteiger partial charge in [0, 0.05) is 9.61 Å². The highest BCUT2D eigenvalue weighted by atomic mass is 127. The molecule has 15 heavy (non-hydrogen) atoms. The topological polar surface area (TPSA) is 38.0 Å². The fourth-order valence-electron chi connectivity index (χ4n) is 1.54. The number of benzene rings is 1. The molecule has 0 fully saturated rings. The van der Waals surface area contributed by atoms with Crippen molar-refractivity contribution in [3.05, 3.63) is 33.4 Å². The lowest BCUT2D eigenvalue weighted by molar-refractivity contribution is 0.448. The molecule has 0 aliphatic carbocycles. The fraction of sp³-hybridized carbons (Fsp3) is 0.500. The molecule has 1 aromatic carbocycles. The average molecular weight is 318 g/mol. The predicted octanol–water partition coefficient (Wildman–Crippen LogP) is 3.23. The molecule has 0 aliphatic heterocycles. The van der Waals surface area contributed by atoms with Gasteiger partial charge >= 0.3 is 0 Å². The normalized spacial score (nSPS) is 13.1. The van der Waals surface area contributed by atoms with Gasteiger partial charge in [0.25, 0.3) is 0 Å². The molecule has 0 saturated heterocycles. The Morgan fingerprint density at radius 2 is 1.80 bits per heavy atom. The first-order valence-corrected chi connectivity index (χ1v) is 6.43. The molecule has 0 spiro atoms. The van der Waals surface area contributed by atoms with Gasteiger partial charge in [0.1, 0.15) is 0 Å². The van der Waals surface area contributed by atoms with Crippen LogP contribution in [-0.4, -0.2) is 0 Å². The summed E-state index contributed by atoms with van der Waals surface area (Å²) in [5.74, 6) is 6.30. The number of halogens is 1. The smallest absolute Gasteiger partial charge is 0.0460 e. The van der Waals surface area contributed by atoms with Gasteiger partial charge in [0.05, 0.1) is 0 Å². The summed E-state index contributed by atoms with van der Waals surface area (Å²) < 4.78 is 1.26. The van der Waals surface area contributed by atoms with Crippen LogP contribution in [0.2, 0.25) is 0 Å². The van der Waals surface area contributed by atoms with Crippen LogP contribution in [0, 0.1) is 9.49 Å². The van der Waals surface area contributed by atoms with E-state index in [9.17, 15) is 0 Å². The third-order valence-electron chi connectivity index (χ3n) is 2.51. The lowest BCUT2D eigenvalue weighted by atomic mass is 9.98. The van der Waals surface area contributed by atoms with Crippen LogP contribution in [0.3, 0.4) is 0 Å². The van der Waals surface area contributed by atoms with Crippen LogP contribution in [0.4, 0.5) is 0 Å². The quantitative estimate of drug-likeness (QED) is 0.497. The minimum atomic E-state index is 0.282. The van der Waals surface area contributed by atoms with Crippen molar-refractivity contribution in [3.63, 3.8) is 0 Å². The first-order chi connectivity index (χ1) is 7.13. The molecule has 84 valence electrons. The standard InChI is InChI=1S/C12H19IN2/c1-9(2)3-8-12(15-14)10-4-6-11(13)7-5-10/h4-7,9,12,15H,3,8,14H2,1-2H3. The van der Waals surface area contributed by atoms with Gasteiger partial charge in [-0.05, 0) is 59.0 Å². The van der Waals surface area contributed by atoms with Crippen molar-refractivity contribution in [1.82, 2.24) is 5.43 Å². The van der Waals surface area contributed by atoms with E-state index in [1.54, 1.807) is 0 Å². The molecule has 1 rings (SSSR count). The van der Waals surface area contributed by atoms with E-state index in [1.807, 2.05) is 0 Å². The van der Waals surface area contributed by atoms with Gasteiger partial charge in [-0.1, -0.05) is 26.0 Å². The van der Waals surface area contributed by atoms with Crippen LogP contribution in [0.15, 0.2) is 24.3 Å². The average Bonchev–Trinajstić information content (AvgIpc) is 2.21. The molecule has 0 saturated carbocycles. The SMILES string of the molecule is CC(C)CCC(NN)c1ccc(I)cc1. The second-order valence-corrected chi connectivity index (χ2v) is 5.49. The van der Waals surface area contributed by atoms with Crippen LogP contribution in [-0.2, 0) is 0 Å². The van der Waals surface area contributed by atoms with E-state index in [0.717, 1.165) is 12.3 Å². The van der Waals surface area contributed by atoms with E-state index < -0.39 is 0 Å². The van der Waals surface area contributed by atoms with Crippen LogP contribution in [0.5, 0.6) is 0 Å². The third kappa shape index (κ3) is 4.49. The molecule has 1 unspecified atom stereocenters. The summed E-state index contributed by atoms with van der Waals surface area (Å²) >= 11 is 2.31. The molecule has 3 N–H and O–H groups in total. The first-order valence-electron chi connectivity index (χ1n) is 5.35. The van der Waals surface area contributed by atoms with Crippen LogP contribution < -0.4 is 11.3 Å². The zero-order valence-electron chi connectivity index (χ0n) is 9.33. The van der Waals surface area contributed by atoms with E-state index in [1.165, 1.54) is 15.6 Å². The second-order valence-electron chi connectivity index (χ2n) is 4.24. The predicted molar refractivity (Wildman–Crippen MR) is 73.3 cm³/mol. The summed E-state index contributed by atoms with van der Waals surface area (Å²) in [5.41, 5.74) is 4.17. The van der Waals surface area contributed by atoms with E-state index in [-0.39, 0.29) is 6.04 Å². The number of hydrazine groups is 1. The van der Waals surface area contributed by atoms with Crippen LogP contribution in [0.25, 0.3) is 0 Å². The number of rotatable bonds is 5. The largest absolute Gasteiger partial charge is 0.271 e. The van der Waals surface area contributed by atoms with E-state index >= 15 is 0 Å². The Balaban J connectivity index is 2.61. The molecule has 0 amide bonds. The van der Waals surface area contributed by atoms with Crippen molar-refractivity contribution < 1.29 is 0 Å². The molecule has 1 atom stereocenters.